The summed E-state index contributed by atoms with van der Waals surface area (Å²) in [5.74, 6) is -0.521. The van der Waals surface area contributed by atoms with Crippen molar-refractivity contribution in [3.05, 3.63) is 0 Å². The predicted octanol–water partition coefficient (Wildman–Crippen LogP) is 1.40. The van der Waals surface area contributed by atoms with Gasteiger partial charge in [0.2, 0.25) is 12.3 Å². The van der Waals surface area contributed by atoms with Gasteiger partial charge in [0.05, 0.1) is 12.0 Å². The van der Waals surface area contributed by atoms with Gasteiger partial charge in [-0.3, -0.25) is 4.79 Å². The molecular formula is C9H12F2N2O. The lowest BCUT2D eigenvalue weighted by atomic mass is 10.1. The zero-order chi connectivity index (χ0) is 10.7. The van der Waals surface area contributed by atoms with Crippen LogP contribution in [-0.4, -0.2) is 29.8 Å². The summed E-state index contributed by atoms with van der Waals surface area (Å²) in [7, 11) is 0. The Labute approximate surface area is 81.3 Å². The van der Waals surface area contributed by atoms with Gasteiger partial charge in [-0.25, -0.2) is 8.78 Å². The number of hydrogen-bond donors (Lipinski definition) is 0. The average Bonchev–Trinajstić information content (AvgIpc) is 2.45. The number of carbonyl (C=O) groups excluding carboxylic acids is 1. The number of nitriles is 1. The molecule has 1 saturated heterocycles. The third-order valence-corrected chi connectivity index (χ3v) is 2.39. The molecule has 78 valence electrons. The van der Waals surface area contributed by atoms with Crippen LogP contribution in [0.2, 0.25) is 0 Å². The van der Waals surface area contributed by atoms with Gasteiger partial charge in [0, 0.05) is 25.4 Å². The monoisotopic (exact) mass is 202 g/mol. The fourth-order valence-corrected chi connectivity index (χ4v) is 1.63. The van der Waals surface area contributed by atoms with Crippen LogP contribution in [0.1, 0.15) is 19.8 Å². The van der Waals surface area contributed by atoms with Gasteiger partial charge in [0.25, 0.3) is 0 Å². The first kappa shape index (κ1) is 10.9. The van der Waals surface area contributed by atoms with Crippen LogP contribution in [0.5, 0.6) is 0 Å². The van der Waals surface area contributed by atoms with Crippen LogP contribution >= 0.6 is 0 Å². The lowest BCUT2D eigenvalue weighted by Gasteiger charge is -2.23. The quantitative estimate of drug-likeness (QED) is 0.694. The molecule has 1 heterocycles. The molecule has 0 saturated carbocycles. The smallest absolute Gasteiger partial charge is 0.240 e. The van der Waals surface area contributed by atoms with E-state index in [9.17, 15) is 13.6 Å². The van der Waals surface area contributed by atoms with Gasteiger partial charge in [0.15, 0.2) is 0 Å². The Bertz CT molecular complexity index is 262. The zero-order valence-corrected chi connectivity index (χ0v) is 7.91. The number of alkyl halides is 2. The summed E-state index contributed by atoms with van der Waals surface area (Å²) >= 11 is 0. The summed E-state index contributed by atoms with van der Waals surface area (Å²) in [4.78, 5) is 12.7. The summed E-state index contributed by atoms with van der Waals surface area (Å²) in [5, 5.41) is 8.59. The standard InChI is InChI=1S/C9H12F2N2O/c1-6(2-8(10)11)13-5-7(4-12)3-9(13)14/h6-8H,2-3,5H2,1H3. The Morgan fingerprint density at radius 1 is 1.71 bits per heavy atom. The third-order valence-electron chi connectivity index (χ3n) is 2.39. The summed E-state index contributed by atoms with van der Waals surface area (Å²) < 4.78 is 24.1. The third kappa shape index (κ3) is 2.41. The van der Waals surface area contributed by atoms with E-state index in [0.717, 1.165) is 0 Å². The predicted molar refractivity (Wildman–Crippen MR) is 45.5 cm³/mol. The highest BCUT2D eigenvalue weighted by atomic mass is 19.3. The van der Waals surface area contributed by atoms with Crippen LogP contribution in [0.25, 0.3) is 0 Å². The van der Waals surface area contributed by atoms with Gasteiger partial charge < -0.3 is 4.90 Å². The molecule has 2 atom stereocenters. The first-order valence-corrected chi connectivity index (χ1v) is 4.51. The Balaban J connectivity index is 2.53. The Kier molecular flexibility index (Phi) is 3.39. The van der Waals surface area contributed by atoms with E-state index in [1.807, 2.05) is 6.07 Å². The summed E-state index contributed by atoms with van der Waals surface area (Å²) in [6.07, 6.45) is -2.55. The van der Waals surface area contributed by atoms with Crippen LogP contribution < -0.4 is 0 Å². The highest BCUT2D eigenvalue weighted by Gasteiger charge is 2.33. The van der Waals surface area contributed by atoms with Crippen molar-refractivity contribution < 1.29 is 13.6 Å². The topological polar surface area (TPSA) is 44.1 Å². The second-order valence-electron chi connectivity index (χ2n) is 3.55. The molecular weight excluding hydrogens is 190 g/mol. The molecule has 0 radical (unpaired) electrons. The van der Waals surface area contributed by atoms with Crippen molar-refractivity contribution in [2.75, 3.05) is 6.54 Å². The SMILES string of the molecule is CC(CC(F)F)N1CC(C#N)CC1=O. The lowest BCUT2D eigenvalue weighted by Crippen LogP contribution is -2.35. The van der Waals surface area contributed by atoms with E-state index >= 15 is 0 Å². The second kappa shape index (κ2) is 4.36. The Hall–Kier alpha value is -1.18. The molecule has 0 aromatic carbocycles. The normalized spacial score (nSPS) is 24.1. The van der Waals surface area contributed by atoms with Crippen molar-refractivity contribution >= 4 is 5.91 Å². The molecule has 14 heavy (non-hydrogen) atoms. The molecule has 0 N–H and O–H groups in total. The van der Waals surface area contributed by atoms with E-state index in [4.69, 9.17) is 5.26 Å². The van der Waals surface area contributed by atoms with Crippen LogP contribution in [0.4, 0.5) is 8.78 Å². The molecule has 1 rings (SSSR count). The van der Waals surface area contributed by atoms with Gasteiger partial charge in [0.1, 0.15) is 0 Å². The molecule has 0 aromatic heterocycles. The van der Waals surface area contributed by atoms with Gasteiger partial charge in [-0.2, -0.15) is 5.26 Å². The molecule has 1 fully saturated rings. The highest BCUT2D eigenvalue weighted by Crippen LogP contribution is 2.21. The van der Waals surface area contributed by atoms with Gasteiger partial charge in [-0.1, -0.05) is 0 Å². The average molecular weight is 202 g/mol. The maximum absolute atomic E-state index is 12.0. The van der Waals surface area contributed by atoms with Gasteiger partial charge in [-0.15, -0.1) is 0 Å². The molecule has 0 aliphatic carbocycles. The van der Waals surface area contributed by atoms with Gasteiger partial charge in [-0.05, 0) is 6.92 Å². The van der Waals surface area contributed by atoms with Crippen molar-refractivity contribution in [1.82, 2.24) is 4.90 Å². The van der Waals surface area contributed by atoms with Crippen LogP contribution in [0, 0.1) is 17.2 Å². The highest BCUT2D eigenvalue weighted by molar-refractivity contribution is 5.79. The van der Waals surface area contributed by atoms with Crippen LogP contribution in [0.3, 0.4) is 0 Å². The molecule has 5 heteroatoms. The minimum atomic E-state index is -2.40. The van der Waals surface area contributed by atoms with E-state index in [1.165, 1.54) is 4.90 Å². The molecule has 1 aliphatic heterocycles. The minimum absolute atomic E-state index is 0.171. The van der Waals surface area contributed by atoms with E-state index < -0.39 is 12.5 Å². The van der Waals surface area contributed by atoms with E-state index in [-0.39, 0.29) is 24.7 Å². The Morgan fingerprint density at radius 2 is 2.36 bits per heavy atom. The second-order valence-corrected chi connectivity index (χ2v) is 3.55. The minimum Gasteiger partial charge on any atom is -0.338 e. The van der Waals surface area contributed by atoms with Crippen molar-refractivity contribution in [2.45, 2.75) is 32.2 Å². The number of hydrogen-bond acceptors (Lipinski definition) is 2. The zero-order valence-electron chi connectivity index (χ0n) is 7.91. The largest absolute Gasteiger partial charge is 0.338 e. The number of nitrogens with zero attached hydrogens (tertiary/aromatic N) is 2. The Morgan fingerprint density at radius 3 is 2.79 bits per heavy atom. The summed E-state index contributed by atoms with van der Waals surface area (Å²) in [5.41, 5.74) is 0. The van der Waals surface area contributed by atoms with Crippen LogP contribution in [-0.2, 0) is 4.79 Å². The maximum Gasteiger partial charge on any atom is 0.240 e. The lowest BCUT2D eigenvalue weighted by molar-refractivity contribution is -0.129. The van der Waals surface area contributed by atoms with E-state index in [0.29, 0.717) is 6.54 Å². The molecule has 3 nitrogen and oxygen atoms in total. The molecule has 0 aromatic rings. The molecule has 0 spiro atoms. The number of amides is 1. The first-order chi connectivity index (χ1) is 6.54. The maximum atomic E-state index is 12.0. The fraction of sp³-hybridized carbons (Fsp3) is 0.778. The molecule has 2 unspecified atom stereocenters. The summed E-state index contributed by atoms with van der Waals surface area (Å²) in [6, 6.07) is 1.51. The van der Waals surface area contributed by atoms with E-state index in [1.54, 1.807) is 6.92 Å². The van der Waals surface area contributed by atoms with Crippen molar-refractivity contribution in [3.63, 3.8) is 0 Å². The van der Waals surface area contributed by atoms with Gasteiger partial charge >= 0.3 is 0 Å². The van der Waals surface area contributed by atoms with Crippen molar-refractivity contribution in [2.24, 2.45) is 5.92 Å². The first-order valence-electron chi connectivity index (χ1n) is 4.51. The van der Waals surface area contributed by atoms with Crippen molar-refractivity contribution in [1.29, 1.82) is 5.26 Å². The molecule has 0 bridgehead atoms. The van der Waals surface area contributed by atoms with E-state index in [2.05, 4.69) is 0 Å². The fourth-order valence-electron chi connectivity index (χ4n) is 1.63. The summed E-state index contributed by atoms with van der Waals surface area (Å²) in [6.45, 7) is 1.88. The number of likely N-dealkylation sites (tertiary alicyclic amines) is 1. The van der Waals surface area contributed by atoms with Crippen molar-refractivity contribution in [3.8, 4) is 6.07 Å². The molecule has 1 aliphatic rings. The number of halogens is 2. The van der Waals surface area contributed by atoms with Crippen LogP contribution in [0.15, 0.2) is 0 Å². The number of rotatable bonds is 3. The molecule has 1 amide bonds. The number of carbonyl (C=O) groups is 1.